The van der Waals surface area contributed by atoms with E-state index in [0.29, 0.717) is 0 Å². The standard InChI is InChI=1S/C14H20N2/c1-16(13-5-3-2-4-6-13)10-11-9-12-7-8-14(11)15-12/h2-6,11-12,14-15H,7-10H2,1H3. The van der Waals surface area contributed by atoms with E-state index in [1.807, 2.05) is 0 Å². The van der Waals surface area contributed by atoms with Crippen LogP contribution >= 0.6 is 0 Å². The number of hydrogen-bond acceptors (Lipinski definition) is 2. The molecule has 0 amide bonds. The Labute approximate surface area is 97.6 Å². The smallest absolute Gasteiger partial charge is 0.0363 e. The molecule has 2 nitrogen and oxygen atoms in total. The van der Waals surface area contributed by atoms with E-state index in [9.17, 15) is 0 Å². The van der Waals surface area contributed by atoms with Gasteiger partial charge in [-0.1, -0.05) is 18.2 Å². The van der Waals surface area contributed by atoms with Crippen molar-refractivity contribution in [2.24, 2.45) is 5.92 Å². The maximum absolute atomic E-state index is 3.71. The molecular weight excluding hydrogens is 196 g/mol. The Hall–Kier alpha value is -1.02. The van der Waals surface area contributed by atoms with Crippen molar-refractivity contribution < 1.29 is 0 Å². The van der Waals surface area contributed by atoms with Crippen LogP contribution in [0.4, 0.5) is 5.69 Å². The highest BCUT2D eigenvalue weighted by molar-refractivity contribution is 5.45. The van der Waals surface area contributed by atoms with Crippen LogP contribution in [0.5, 0.6) is 0 Å². The lowest BCUT2D eigenvalue weighted by atomic mass is 9.89. The number of nitrogens with zero attached hydrogens (tertiary/aromatic N) is 1. The van der Waals surface area contributed by atoms with E-state index in [0.717, 1.165) is 18.0 Å². The van der Waals surface area contributed by atoms with Gasteiger partial charge in [-0.15, -0.1) is 0 Å². The molecule has 2 heteroatoms. The van der Waals surface area contributed by atoms with E-state index in [1.165, 1.54) is 31.5 Å². The van der Waals surface area contributed by atoms with E-state index in [1.54, 1.807) is 0 Å². The molecule has 2 heterocycles. The molecule has 2 aliphatic rings. The highest BCUT2D eigenvalue weighted by Gasteiger charge is 2.39. The number of para-hydroxylation sites is 1. The van der Waals surface area contributed by atoms with Crippen molar-refractivity contribution in [1.29, 1.82) is 0 Å². The van der Waals surface area contributed by atoms with Crippen LogP contribution in [0.3, 0.4) is 0 Å². The summed E-state index contributed by atoms with van der Waals surface area (Å²) in [7, 11) is 2.21. The van der Waals surface area contributed by atoms with Crippen molar-refractivity contribution in [3.63, 3.8) is 0 Å². The van der Waals surface area contributed by atoms with Gasteiger partial charge in [0, 0.05) is 31.4 Å². The third-order valence-electron chi connectivity index (χ3n) is 4.14. The van der Waals surface area contributed by atoms with E-state index in [2.05, 4.69) is 47.6 Å². The van der Waals surface area contributed by atoms with Crippen molar-refractivity contribution in [2.75, 3.05) is 18.5 Å². The summed E-state index contributed by atoms with van der Waals surface area (Å²) in [4.78, 5) is 2.40. The second-order valence-electron chi connectivity index (χ2n) is 5.26. The van der Waals surface area contributed by atoms with Gasteiger partial charge in [-0.05, 0) is 37.3 Å². The fourth-order valence-electron chi connectivity index (χ4n) is 3.28. The SMILES string of the molecule is CN(CC1CC2CCC1N2)c1ccccc1. The van der Waals surface area contributed by atoms with Crippen molar-refractivity contribution in [3.05, 3.63) is 30.3 Å². The largest absolute Gasteiger partial charge is 0.374 e. The number of nitrogens with one attached hydrogen (secondary N) is 1. The molecule has 0 aromatic heterocycles. The van der Waals surface area contributed by atoms with Gasteiger partial charge in [0.1, 0.15) is 0 Å². The van der Waals surface area contributed by atoms with Crippen LogP contribution in [0.25, 0.3) is 0 Å². The fourth-order valence-corrected chi connectivity index (χ4v) is 3.28. The van der Waals surface area contributed by atoms with Gasteiger partial charge in [0.2, 0.25) is 0 Å². The van der Waals surface area contributed by atoms with E-state index in [4.69, 9.17) is 0 Å². The van der Waals surface area contributed by atoms with Crippen LogP contribution in [-0.2, 0) is 0 Å². The van der Waals surface area contributed by atoms with Gasteiger partial charge in [-0.25, -0.2) is 0 Å². The first-order chi connectivity index (χ1) is 7.83. The molecule has 2 fully saturated rings. The molecule has 2 bridgehead atoms. The van der Waals surface area contributed by atoms with Crippen LogP contribution in [0.1, 0.15) is 19.3 Å². The fraction of sp³-hybridized carbons (Fsp3) is 0.571. The van der Waals surface area contributed by atoms with Crippen molar-refractivity contribution in [3.8, 4) is 0 Å². The van der Waals surface area contributed by atoms with Crippen molar-refractivity contribution in [1.82, 2.24) is 5.32 Å². The first kappa shape index (κ1) is 10.2. The molecule has 3 atom stereocenters. The first-order valence-electron chi connectivity index (χ1n) is 6.35. The number of hydrogen-bond donors (Lipinski definition) is 1. The summed E-state index contributed by atoms with van der Waals surface area (Å²) in [6.07, 6.45) is 4.16. The Morgan fingerprint density at radius 3 is 2.69 bits per heavy atom. The van der Waals surface area contributed by atoms with Crippen molar-refractivity contribution in [2.45, 2.75) is 31.3 Å². The molecule has 1 aromatic rings. The summed E-state index contributed by atoms with van der Waals surface area (Å²) in [5, 5.41) is 3.71. The third-order valence-corrected chi connectivity index (χ3v) is 4.14. The average Bonchev–Trinajstić information content (AvgIpc) is 2.92. The molecular formula is C14H20N2. The van der Waals surface area contributed by atoms with Gasteiger partial charge in [0.15, 0.2) is 0 Å². The molecule has 0 aliphatic carbocycles. The summed E-state index contributed by atoms with van der Waals surface area (Å²) >= 11 is 0. The Bertz CT molecular complexity index is 349. The van der Waals surface area contributed by atoms with Gasteiger partial charge < -0.3 is 10.2 Å². The summed E-state index contributed by atoms with van der Waals surface area (Å²) in [6, 6.07) is 12.3. The highest BCUT2D eigenvalue weighted by atomic mass is 15.1. The minimum Gasteiger partial charge on any atom is -0.374 e. The summed E-state index contributed by atoms with van der Waals surface area (Å²) in [5.74, 6) is 0.851. The molecule has 86 valence electrons. The molecule has 2 saturated heterocycles. The second kappa shape index (κ2) is 4.10. The predicted octanol–water partition coefficient (Wildman–Crippen LogP) is 2.26. The Morgan fingerprint density at radius 1 is 1.25 bits per heavy atom. The van der Waals surface area contributed by atoms with E-state index < -0.39 is 0 Å². The zero-order valence-corrected chi connectivity index (χ0v) is 9.89. The minimum absolute atomic E-state index is 0.788. The predicted molar refractivity (Wildman–Crippen MR) is 67.8 cm³/mol. The van der Waals surface area contributed by atoms with Crippen LogP contribution in [0, 0.1) is 5.92 Å². The summed E-state index contributed by atoms with van der Waals surface area (Å²) < 4.78 is 0. The highest BCUT2D eigenvalue weighted by Crippen LogP contribution is 2.34. The van der Waals surface area contributed by atoms with Crippen LogP contribution in [0.2, 0.25) is 0 Å². The van der Waals surface area contributed by atoms with E-state index >= 15 is 0 Å². The molecule has 1 aromatic carbocycles. The van der Waals surface area contributed by atoms with Crippen molar-refractivity contribution >= 4 is 5.69 Å². The van der Waals surface area contributed by atoms with Gasteiger partial charge in [0.25, 0.3) is 0 Å². The Morgan fingerprint density at radius 2 is 2.06 bits per heavy atom. The topological polar surface area (TPSA) is 15.3 Å². The van der Waals surface area contributed by atoms with E-state index in [-0.39, 0.29) is 0 Å². The molecule has 0 radical (unpaired) electrons. The summed E-state index contributed by atoms with van der Waals surface area (Å²) in [6.45, 7) is 1.19. The quantitative estimate of drug-likeness (QED) is 0.833. The number of rotatable bonds is 3. The lowest BCUT2D eigenvalue weighted by Crippen LogP contribution is -2.32. The number of benzene rings is 1. The lowest BCUT2D eigenvalue weighted by molar-refractivity contribution is 0.409. The van der Waals surface area contributed by atoms with Gasteiger partial charge >= 0.3 is 0 Å². The van der Waals surface area contributed by atoms with Crippen LogP contribution < -0.4 is 10.2 Å². The Balaban J connectivity index is 1.63. The molecule has 0 spiro atoms. The normalized spacial score (nSPS) is 31.9. The number of anilines is 1. The van der Waals surface area contributed by atoms with Gasteiger partial charge in [-0.3, -0.25) is 0 Å². The molecule has 3 rings (SSSR count). The first-order valence-corrected chi connectivity index (χ1v) is 6.35. The molecule has 3 unspecified atom stereocenters. The molecule has 2 aliphatic heterocycles. The second-order valence-corrected chi connectivity index (χ2v) is 5.26. The maximum atomic E-state index is 3.71. The lowest BCUT2D eigenvalue weighted by Gasteiger charge is -2.27. The van der Waals surface area contributed by atoms with Crippen LogP contribution in [-0.4, -0.2) is 25.7 Å². The molecule has 0 saturated carbocycles. The number of fused-ring (bicyclic) bond motifs is 2. The minimum atomic E-state index is 0.788. The third kappa shape index (κ3) is 1.82. The summed E-state index contributed by atoms with van der Waals surface area (Å²) in [5.41, 5.74) is 1.34. The van der Waals surface area contributed by atoms with Gasteiger partial charge in [-0.2, -0.15) is 0 Å². The van der Waals surface area contributed by atoms with Crippen LogP contribution in [0.15, 0.2) is 30.3 Å². The Kier molecular flexibility index (Phi) is 2.60. The average molecular weight is 216 g/mol. The maximum Gasteiger partial charge on any atom is 0.0363 e. The molecule has 1 N–H and O–H groups in total. The molecule has 16 heavy (non-hydrogen) atoms. The zero-order valence-electron chi connectivity index (χ0n) is 9.89. The van der Waals surface area contributed by atoms with Gasteiger partial charge in [0.05, 0.1) is 0 Å². The zero-order chi connectivity index (χ0) is 11.0. The monoisotopic (exact) mass is 216 g/mol.